The van der Waals surface area contributed by atoms with Gasteiger partial charge >= 0.3 is 0 Å². The number of ether oxygens (including phenoxy) is 1. The zero-order chi connectivity index (χ0) is 24.0. The maximum Gasteiger partial charge on any atom is 0.282 e. The number of nitrogens with zero attached hydrogens (tertiary/aromatic N) is 2. The van der Waals surface area contributed by atoms with Crippen LogP contribution in [0.4, 0.5) is 11.4 Å². The first-order valence-corrected chi connectivity index (χ1v) is 11.6. The Morgan fingerprint density at radius 3 is 2.32 bits per heavy atom. The minimum Gasteiger partial charge on any atom is -0.495 e. The second-order valence-corrected chi connectivity index (χ2v) is 9.05. The lowest BCUT2D eigenvalue weighted by atomic mass is 9.95. The first-order chi connectivity index (χ1) is 16.4. The number of fused-ring (bicyclic) bond motifs is 1. The Morgan fingerprint density at radius 2 is 1.56 bits per heavy atom. The first kappa shape index (κ1) is 22.0. The maximum atomic E-state index is 14.1. The average Bonchev–Trinajstić information content (AvgIpc) is 3.08. The van der Waals surface area contributed by atoms with Crippen molar-refractivity contribution < 1.29 is 14.3 Å². The molecule has 0 fully saturated rings. The van der Waals surface area contributed by atoms with Gasteiger partial charge < -0.3 is 9.64 Å². The predicted octanol–water partition coefficient (Wildman–Crippen LogP) is 5.36. The number of anilines is 2. The van der Waals surface area contributed by atoms with Crippen molar-refractivity contribution >= 4 is 28.8 Å². The highest BCUT2D eigenvalue weighted by Gasteiger charge is 2.44. The van der Waals surface area contributed by atoms with Crippen molar-refractivity contribution in [3.63, 3.8) is 0 Å². The van der Waals surface area contributed by atoms with Crippen LogP contribution in [0.5, 0.6) is 5.75 Å². The van der Waals surface area contributed by atoms with Crippen LogP contribution in [0.25, 0.3) is 5.57 Å². The van der Waals surface area contributed by atoms with E-state index in [4.69, 9.17) is 4.74 Å². The van der Waals surface area contributed by atoms with E-state index in [0.717, 1.165) is 40.8 Å². The fourth-order valence-electron chi connectivity index (χ4n) is 5.06. The number of carbonyl (C=O) groups excluding carboxylic acids is 2. The number of aryl methyl sites for hydroxylation is 4. The van der Waals surface area contributed by atoms with Crippen molar-refractivity contribution in [1.29, 1.82) is 0 Å². The molecule has 2 heterocycles. The second kappa shape index (κ2) is 8.49. The lowest BCUT2D eigenvalue weighted by molar-refractivity contribution is -0.120. The summed E-state index contributed by atoms with van der Waals surface area (Å²) in [6.45, 7) is 6.63. The minimum atomic E-state index is -0.320. The number of rotatable bonds is 4. The number of hydrogen-bond donors (Lipinski definition) is 0. The molecule has 0 atom stereocenters. The molecule has 2 amide bonds. The molecule has 3 aromatic carbocycles. The molecule has 5 nitrogen and oxygen atoms in total. The molecule has 0 spiro atoms. The summed E-state index contributed by atoms with van der Waals surface area (Å²) in [5.74, 6) is -0.146. The number of methoxy groups -OCH3 is 1. The van der Waals surface area contributed by atoms with Crippen LogP contribution in [0.3, 0.4) is 0 Å². The van der Waals surface area contributed by atoms with Gasteiger partial charge in [0.2, 0.25) is 0 Å². The smallest absolute Gasteiger partial charge is 0.282 e. The van der Waals surface area contributed by atoms with E-state index in [1.165, 1.54) is 10.5 Å². The van der Waals surface area contributed by atoms with E-state index in [1.807, 2.05) is 68.1 Å². The van der Waals surface area contributed by atoms with Gasteiger partial charge in [0.05, 0.1) is 18.4 Å². The van der Waals surface area contributed by atoms with E-state index < -0.39 is 0 Å². The summed E-state index contributed by atoms with van der Waals surface area (Å²) in [6.07, 6.45) is 1.87. The Balaban J connectivity index is 1.75. The van der Waals surface area contributed by atoms with Crippen LogP contribution in [0, 0.1) is 20.8 Å². The van der Waals surface area contributed by atoms with E-state index in [0.29, 0.717) is 29.3 Å². The fraction of sp³-hybridized carbons (Fsp3) is 0.241. The van der Waals surface area contributed by atoms with Crippen LogP contribution in [-0.4, -0.2) is 25.5 Å². The minimum absolute atomic E-state index is 0.319. The van der Waals surface area contributed by atoms with E-state index >= 15 is 0 Å². The summed E-state index contributed by atoms with van der Waals surface area (Å²) in [4.78, 5) is 31.5. The van der Waals surface area contributed by atoms with Crippen LogP contribution in [0.2, 0.25) is 0 Å². The number of amides is 2. The summed E-state index contributed by atoms with van der Waals surface area (Å²) < 4.78 is 5.55. The molecule has 2 aliphatic heterocycles. The Hall–Kier alpha value is -3.86. The van der Waals surface area contributed by atoms with Crippen LogP contribution >= 0.6 is 0 Å². The second-order valence-electron chi connectivity index (χ2n) is 9.05. The van der Waals surface area contributed by atoms with Crippen molar-refractivity contribution in [1.82, 2.24) is 0 Å². The normalized spacial score (nSPS) is 15.8. The summed E-state index contributed by atoms with van der Waals surface area (Å²) >= 11 is 0. The molecule has 0 bridgehead atoms. The van der Waals surface area contributed by atoms with E-state index in [1.54, 1.807) is 13.2 Å². The number of benzene rings is 3. The molecular weight excluding hydrogens is 424 g/mol. The van der Waals surface area contributed by atoms with Gasteiger partial charge in [-0.1, -0.05) is 48.0 Å². The van der Waals surface area contributed by atoms with Gasteiger partial charge in [-0.15, -0.1) is 0 Å². The molecule has 0 aromatic heterocycles. The van der Waals surface area contributed by atoms with E-state index in [-0.39, 0.29) is 11.8 Å². The van der Waals surface area contributed by atoms with E-state index in [2.05, 4.69) is 12.1 Å². The first-order valence-electron chi connectivity index (χ1n) is 11.6. The number of hydrogen-bond acceptors (Lipinski definition) is 4. The van der Waals surface area contributed by atoms with Crippen LogP contribution in [-0.2, 0) is 16.0 Å². The van der Waals surface area contributed by atoms with Crippen LogP contribution < -0.4 is 14.5 Å². The van der Waals surface area contributed by atoms with Crippen LogP contribution in [0.15, 0.2) is 66.4 Å². The van der Waals surface area contributed by atoms with Gasteiger partial charge in [0.15, 0.2) is 0 Å². The topological polar surface area (TPSA) is 49.9 Å². The molecule has 5 heteroatoms. The fourth-order valence-corrected chi connectivity index (χ4v) is 5.06. The zero-order valence-corrected chi connectivity index (χ0v) is 20.0. The Bertz CT molecular complexity index is 1360. The molecule has 2 aliphatic rings. The summed E-state index contributed by atoms with van der Waals surface area (Å²) in [7, 11) is 1.56. The van der Waals surface area contributed by atoms with Gasteiger partial charge in [-0.2, -0.15) is 0 Å². The number of carbonyl (C=O) groups is 2. The Morgan fingerprint density at radius 1 is 0.824 bits per heavy atom. The monoisotopic (exact) mass is 452 g/mol. The molecule has 5 rings (SSSR count). The van der Waals surface area contributed by atoms with Crippen LogP contribution in [0.1, 0.15) is 34.2 Å². The Kier molecular flexibility index (Phi) is 5.48. The predicted molar refractivity (Wildman–Crippen MR) is 135 cm³/mol. The van der Waals surface area contributed by atoms with Gasteiger partial charge in [-0.3, -0.25) is 9.59 Å². The summed E-state index contributed by atoms with van der Waals surface area (Å²) in [5, 5.41) is 0. The van der Waals surface area contributed by atoms with Crippen molar-refractivity contribution in [3.8, 4) is 5.75 Å². The quantitative estimate of drug-likeness (QED) is 0.500. The third-order valence-corrected chi connectivity index (χ3v) is 6.67. The molecule has 0 unspecified atom stereocenters. The Labute approximate surface area is 200 Å². The van der Waals surface area contributed by atoms with Gasteiger partial charge in [0.25, 0.3) is 11.8 Å². The standard InChI is InChI=1S/C29H28N2O3/c1-18-11-13-22(20(3)16-18)26-27(30-15-7-9-21-8-5-6-10-23(21)30)29(33)31(28(26)32)24-17-19(2)12-14-25(24)34-4/h5-6,8,10-14,16-17H,7,9,15H2,1-4H3. The third kappa shape index (κ3) is 3.48. The molecule has 0 saturated carbocycles. The molecule has 34 heavy (non-hydrogen) atoms. The molecular formula is C29H28N2O3. The van der Waals surface area contributed by atoms with Gasteiger partial charge in [-0.05, 0) is 74.1 Å². The lowest BCUT2D eigenvalue weighted by Gasteiger charge is -2.32. The third-order valence-electron chi connectivity index (χ3n) is 6.67. The summed E-state index contributed by atoms with van der Waals surface area (Å²) in [6, 6.07) is 19.7. The molecule has 3 aromatic rings. The van der Waals surface area contributed by atoms with Gasteiger partial charge in [0.1, 0.15) is 11.4 Å². The highest BCUT2D eigenvalue weighted by molar-refractivity contribution is 6.46. The average molecular weight is 453 g/mol. The highest BCUT2D eigenvalue weighted by Crippen LogP contribution is 2.42. The molecule has 0 radical (unpaired) electrons. The highest BCUT2D eigenvalue weighted by atomic mass is 16.5. The summed E-state index contributed by atoms with van der Waals surface area (Å²) in [5.41, 5.74) is 7.35. The largest absolute Gasteiger partial charge is 0.495 e. The van der Waals surface area contributed by atoms with Crippen molar-refractivity contribution in [3.05, 3.63) is 94.2 Å². The van der Waals surface area contributed by atoms with Gasteiger partial charge in [-0.25, -0.2) is 4.90 Å². The van der Waals surface area contributed by atoms with Crippen molar-refractivity contribution in [2.75, 3.05) is 23.5 Å². The number of imide groups is 1. The van der Waals surface area contributed by atoms with Crippen molar-refractivity contribution in [2.24, 2.45) is 0 Å². The molecule has 172 valence electrons. The van der Waals surface area contributed by atoms with Gasteiger partial charge in [0, 0.05) is 12.2 Å². The SMILES string of the molecule is COc1ccc(C)cc1N1C(=O)C(c2ccc(C)cc2C)=C(N2CCCc3ccccc32)C1=O. The van der Waals surface area contributed by atoms with Crippen molar-refractivity contribution in [2.45, 2.75) is 33.6 Å². The zero-order valence-electron chi connectivity index (χ0n) is 20.0. The molecule has 0 aliphatic carbocycles. The lowest BCUT2D eigenvalue weighted by Crippen LogP contribution is -2.37. The van der Waals surface area contributed by atoms with E-state index in [9.17, 15) is 9.59 Å². The number of para-hydroxylation sites is 1. The maximum absolute atomic E-state index is 14.1. The molecule has 0 N–H and O–H groups in total. The molecule has 0 saturated heterocycles.